The average molecular weight is 276 g/mol. The topological polar surface area (TPSA) is 62.2 Å². The Hall–Kier alpha value is -1.58. The molecule has 1 heterocycles. The first kappa shape index (κ1) is 14.8. The molecule has 0 saturated heterocycles. The highest BCUT2D eigenvalue weighted by molar-refractivity contribution is 5.93. The van der Waals surface area contributed by atoms with Gasteiger partial charge in [-0.1, -0.05) is 20.8 Å². The minimum atomic E-state index is -0.896. The van der Waals surface area contributed by atoms with E-state index in [1.165, 1.54) is 0 Å². The zero-order valence-corrected chi connectivity index (χ0v) is 12.6. The standard InChI is InChI=1S/C16H24N2O2/c1-4-13(10(2)3)17-15-12(16(19)20)9-11-7-5-6-8-14(11)18-15/h9-10,13H,4-8H2,1-3H3,(H,17,18)(H,19,20). The summed E-state index contributed by atoms with van der Waals surface area (Å²) in [6.07, 6.45) is 5.14. The van der Waals surface area contributed by atoms with Crippen LogP contribution in [0, 0.1) is 5.92 Å². The summed E-state index contributed by atoms with van der Waals surface area (Å²) in [7, 11) is 0. The van der Waals surface area contributed by atoms with E-state index in [1.807, 2.05) is 6.07 Å². The Morgan fingerprint density at radius 2 is 2.10 bits per heavy atom. The summed E-state index contributed by atoms with van der Waals surface area (Å²) in [5.74, 6) is 0.0881. The quantitative estimate of drug-likeness (QED) is 0.864. The molecule has 4 heteroatoms. The summed E-state index contributed by atoms with van der Waals surface area (Å²) >= 11 is 0. The van der Waals surface area contributed by atoms with Crippen molar-refractivity contribution >= 4 is 11.8 Å². The zero-order valence-electron chi connectivity index (χ0n) is 12.6. The molecule has 1 aliphatic carbocycles. The molecule has 1 aromatic heterocycles. The third-order valence-corrected chi connectivity index (χ3v) is 4.10. The Balaban J connectivity index is 2.37. The molecule has 110 valence electrons. The fourth-order valence-electron chi connectivity index (χ4n) is 2.82. The monoisotopic (exact) mass is 276 g/mol. The summed E-state index contributed by atoms with van der Waals surface area (Å²) in [5.41, 5.74) is 2.49. The van der Waals surface area contributed by atoms with Crippen molar-refractivity contribution in [1.82, 2.24) is 4.98 Å². The third kappa shape index (κ3) is 3.11. The van der Waals surface area contributed by atoms with Crippen molar-refractivity contribution in [2.75, 3.05) is 5.32 Å². The normalized spacial score (nSPS) is 15.8. The van der Waals surface area contributed by atoms with Gasteiger partial charge >= 0.3 is 5.97 Å². The summed E-state index contributed by atoms with van der Waals surface area (Å²) in [5, 5.41) is 12.7. The van der Waals surface area contributed by atoms with Gasteiger partial charge in [0, 0.05) is 11.7 Å². The second-order valence-corrected chi connectivity index (χ2v) is 5.91. The van der Waals surface area contributed by atoms with Crippen LogP contribution in [0.1, 0.15) is 61.6 Å². The van der Waals surface area contributed by atoms with Gasteiger partial charge in [-0.15, -0.1) is 0 Å². The molecule has 0 bridgehead atoms. The largest absolute Gasteiger partial charge is 0.478 e. The Morgan fingerprint density at radius 3 is 2.70 bits per heavy atom. The van der Waals surface area contributed by atoms with E-state index in [-0.39, 0.29) is 6.04 Å². The van der Waals surface area contributed by atoms with Crippen molar-refractivity contribution in [3.8, 4) is 0 Å². The lowest BCUT2D eigenvalue weighted by Gasteiger charge is -2.24. The van der Waals surface area contributed by atoms with Crippen LogP contribution in [-0.2, 0) is 12.8 Å². The summed E-state index contributed by atoms with van der Waals surface area (Å²) in [6.45, 7) is 6.39. The van der Waals surface area contributed by atoms with E-state index in [1.54, 1.807) is 0 Å². The van der Waals surface area contributed by atoms with Gasteiger partial charge in [-0.05, 0) is 49.7 Å². The number of carboxylic acids is 1. The van der Waals surface area contributed by atoms with Gasteiger partial charge in [0.15, 0.2) is 0 Å². The van der Waals surface area contributed by atoms with Crippen LogP contribution in [0.25, 0.3) is 0 Å². The first-order valence-electron chi connectivity index (χ1n) is 7.55. The van der Waals surface area contributed by atoms with Crippen molar-refractivity contribution in [2.45, 2.75) is 58.9 Å². The van der Waals surface area contributed by atoms with E-state index >= 15 is 0 Å². The first-order valence-corrected chi connectivity index (χ1v) is 7.55. The van der Waals surface area contributed by atoms with Crippen LogP contribution in [0.4, 0.5) is 5.82 Å². The molecule has 2 N–H and O–H groups in total. The Morgan fingerprint density at radius 1 is 1.40 bits per heavy atom. The summed E-state index contributed by atoms with van der Waals surface area (Å²) in [4.78, 5) is 16.1. The second-order valence-electron chi connectivity index (χ2n) is 5.91. The van der Waals surface area contributed by atoms with E-state index in [4.69, 9.17) is 0 Å². The fourth-order valence-corrected chi connectivity index (χ4v) is 2.82. The highest BCUT2D eigenvalue weighted by atomic mass is 16.4. The van der Waals surface area contributed by atoms with Gasteiger partial charge < -0.3 is 10.4 Å². The van der Waals surface area contributed by atoms with Crippen LogP contribution in [0.2, 0.25) is 0 Å². The van der Waals surface area contributed by atoms with Gasteiger partial charge in [0.05, 0.1) is 0 Å². The maximum absolute atomic E-state index is 11.5. The number of nitrogens with zero attached hydrogens (tertiary/aromatic N) is 1. The number of rotatable bonds is 5. The number of fused-ring (bicyclic) bond motifs is 1. The molecule has 0 amide bonds. The second kappa shape index (κ2) is 6.25. The minimum Gasteiger partial charge on any atom is -0.478 e. The predicted octanol–water partition coefficient (Wildman–Crippen LogP) is 3.51. The Kier molecular flexibility index (Phi) is 4.63. The molecule has 0 radical (unpaired) electrons. The minimum absolute atomic E-state index is 0.252. The Bertz CT molecular complexity index is 497. The molecular formula is C16H24N2O2. The maximum atomic E-state index is 11.5. The molecule has 0 saturated carbocycles. The predicted molar refractivity (Wildman–Crippen MR) is 80.4 cm³/mol. The number of aromatic carboxylic acids is 1. The highest BCUT2D eigenvalue weighted by Gasteiger charge is 2.21. The van der Waals surface area contributed by atoms with Crippen molar-refractivity contribution in [3.05, 3.63) is 22.9 Å². The zero-order chi connectivity index (χ0) is 14.7. The van der Waals surface area contributed by atoms with Gasteiger partial charge in [-0.2, -0.15) is 0 Å². The molecule has 0 fully saturated rings. The van der Waals surface area contributed by atoms with Crippen LogP contribution < -0.4 is 5.32 Å². The van der Waals surface area contributed by atoms with E-state index in [0.717, 1.165) is 43.4 Å². The maximum Gasteiger partial charge on any atom is 0.339 e. The van der Waals surface area contributed by atoms with Gasteiger partial charge in [0.2, 0.25) is 0 Å². The SMILES string of the molecule is CCC(Nc1nc2c(cc1C(=O)O)CCCC2)C(C)C. The molecule has 0 spiro atoms. The number of carboxylic acid groups (broad SMARTS) is 1. The van der Waals surface area contributed by atoms with Crippen LogP contribution in [0.15, 0.2) is 6.07 Å². The smallest absolute Gasteiger partial charge is 0.339 e. The number of pyridine rings is 1. The molecule has 4 nitrogen and oxygen atoms in total. The van der Waals surface area contributed by atoms with Crippen LogP contribution >= 0.6 is 0 Å². The molecule has 2 rings (SSSR count). The Labute approximate surface area is 120 Å². The van der Waals surface area contributed by atoms with Crippen molar-refractivity contribution in [2.24, 2.45) is 5.92 Å². The van der Waals surface area contributed by atoms with Gasteiger partial charge in [-0.3, -0.25) is 0 Å². The number of carbonyl (C=O) groups is 1. The summed E-state index contributed by atoms with van der Waals surface area (Å²) < 4.78 is 0. The van der Waals surface area contributed by atoms with E-state index in [0.29, 0.717) is 17.3 Å². The molecule has 0 aliphatic heterocycles. The van der Waals surface area contributed by atoms with Crippen LogP contribution in [0.3, 0.4) is 0 Å². The number of anilines is 1. The van der Waals surface area contributed by atoms with Crippen LogP contribution in [-0.4, -0.2) is 22.1 Å². The van der Waals surface area contributed by atoms with E-state index in [2.05, 4.69) is 31.1 Å². The number of aryl methyl sites for hydroxylation is 2. The number of hydrogen-bond acceptors (Lipinski definition) is 3. The number of nitrogens with one attached hydrogen (secondary N) is 1. The molecule has 20 heavy (non-hydrogen) atoms. The number of hydrogen-bond donors (Lipinski definition) is 2. The van der Waals surface area contributed by atoms with Crippen LogP contribution in [0.5, 0.6) is 0 Å². The van der Waals surface area contributed by atoms with Crippen molar-refractivity contribution < 1.29 is 9.90 Å². The lowest BCUT2D eigenvalue weighted by atomic mass is 9.94. The van der Waals surface area contributed by atoms with E-state index < -0.39 is 5.97 Å². The fraction of sp³-hybridized carbons (Fsp3) is 0.625. The average Bonchev–Trinajstić information content (AvgIpc) is 2.43. The highest BCUT2D eigenvalue weighted by Crippen LogP contribution is 2.26. The molecule has 1 aliphatic rings. The third-order valence-electron chi connectivity index (χ3n) is 4.10. The van der Waals surface area contributed by atoms with Gasteiger partial charge in [0.25, 0.3) is 0 Å². The molecule has 1 atom stereocenters. The van der Waals surface area contributed by atoms with E-state index in [9.17, 15) is 9.90 Å². The van der Waals surface area contributed by atoms with Crippen molar-refractivity contribution in [3.63, 3.8) is 0 Å². The lowest BCUT2D eigenvalue weighted by Crippen LogP contribution is -2.27. The lowest BCUT2D eigenvalue weighted by molar-refractivity contribution is 0.0697. The van der Waals surface area contributed by atoms with Crippen molar-refractivity contribution in [1.29, 1.82) is 0 Å². The molecule has 1 unspecified atom stereocenters. The molecule has 0 aromatic carbocycles. The molecule has 1 aromatic rings. The van der Waals surface area contributed by atoms with Gasteiger partial charge in [-0.25, -0.2) is 9.78 Å². The summed E-state index contributed by atoms with van der Waals surface area (Å²) in [6, 6.07) is 2.07. The first-order chi connectivity index (χ1) is 9.52. The molecular weight excluding hydrogens is 252 g/mol. The number of aromatic nitrogens is 1. The van der Waals surface area contributed by atoms with Gasteiger partial charge in [0.1, 0.15) is 11.4 Å².